The minimum absolute atomic E-state index is 0.677. The fraction of sp³-hybridized carbons (Fsp3) is 1.00. The lowest BCUT2D eigenvalue weighted by molar-refractivity contribution is 0.187. The first-order valence-corrected chi connectivity index (χ1v) is 7.18. The second-order valence-corrected chi connectivity index (χ2v) is 5.51. The fourth-order valence-corrected chi connectivity index (χ4v) is 2.43. The third-order valence-electron chi connectivity index (χ3n) is 3.64. The number of hydrogen-bond donors (Lipinski definition) is 1. The van der Waals surface area contributed by atoms with E-state index in [4.69, 9.17) is 4.74 Å². The Bertz CT molecular complexity index is 185. The largest absolute Gasteiger partial charge is 0.385 e. The van der Waals surface area contributed by atoms with Crippen molar-refractivity contribution in [2.75, 3.05) is 39.9 Å². The summed E-state index contributed by atoms with van der Waals surface area (Å²) in [5, 5.41) is 3.66. The lowest BCUT2D eigenvalue weighted by Crippen LogP contribution is -2.41. The molecule has 0 spiro atoms. The van der Waals surface area contributed by atoms with E-state index in [1.54, 1.807) is 7.11 Å². The van der Waals surface area contributed by atoms with Crippen LogP contribution in [-0.2, 0) is 4.74 Å². The van der Waals surface area contributed by atoms with Crippen LogP contribution in [0.3, 0.4) is 0 Å². The van der Waals surface area contributed by atoms with E-state index < -0.39 is 0 Å². The number of hydrogen-bond acceptors (Lipinski definition) is 3. The number of nitrogens with one attached hydrogen (secondary N) is 1. The molecule has 3 nitrogen and oxygen atoms in total. The SMILES string of the molecule is COCCCCCN1CCCNC(C(C)C)C1. The Kier molecular flexibility index (Phi) is 7.82. The van der Waals surface area contributed by atoms with E-state index in [-0.39, 0.29) is 0 Å². The highest BCUT2D eigenvalue weighted by Crippen LogP contribution is 2.09. The number of unbranched alkanes of at least 4 members (excludes halogenated alkanes) is 2. The first-order valence-electron chi connectivity index (χ1n) is 7.18. The summed E-state index contributed by atoms with van der Waals surface area (Å²) in [4.78, 5) is 2.64. The zero-order chi connectivity index (χ0) is 12.5. The lowest BCUT2D eigenvalue weighted by atomic mass is 10.0. The first-order chi connectivity index (χ1) is 8.24. The Morgan fingerprint density at radius 1 is 1.29 bits per heavy atom. The van der Waals surface area contributed by atoms with Crippen LogP contribution in [0.4, 0.5) is 0 Å². The van der Waals surface area contributed by atoms with Gasteiger partial charge >= 0.3 is 0 Å². The molecule has 0 aliphatic carbocycles. The summed E-state index contributed by atoms with van der Waals surface area (Å²) in [7, 11) is 1.79. The molecule has 0 radical (unpaired) electrons. The second-order valence-electron chi connectivity index (χ2n) is 5.51. The van der Waals surface area contributed by atoms with Gasteiger partial charge in [0.25, 0.3) is 0 Å². The molecule has 0 saturated carbocycles. The van der Waals surface area contributed by atoms with Crippen molar-refractivity contribution in [1.82, 2.24) is 10.2 Å². The lowest BCUT2D eigenvalue weighted by Gasteiger charge is -2.26. The van der Waals surface area contributed by atoms with Gasteiger partial charge in [0.1, 0.15) is 0 Å². The number of rotatable bonds is 7. The zero-order valence-corrected chi connectivity index (χ0v) is 11.9. The predicted molar refractivity (Wildman–Crippen MR) is 73.4 cm³/mol. The molecule has 0 bridgehead atoms. The topological polar surface area (TPSA) is 24.5 Å². The Hall–Kier alpha value is -0.120. The molecule has 0 aromatic rings. The molecular weight excluding hydrogens is 212 g/mol. The Morgan fingerprint density at radius 3 is 2.82 bits per heavy atom. The average molecular weight is 242 g/mol. The van der Waals surface area contributed by atoms with Crippen molar-refractivity contribution in [3.8, 4) is 0 Å². The number of methoxy groups -OCH3 is 1. The Labute approximate surface area is 107 Å². The molecule has 102 valence electrons. The van der Waals surface area contributed by atoms with Crippen LogP contribution in [0.25, 0.3) is 0 Å². The van der Waals surface area contributed by atoms with E-state index in [1.165, 1.54) is 51.9 Å². The molecule has 0 amide bonds. The minimum atomic E-state index is 0.677. The van der Waals surface area contributed by atoms with Gasteiger partial charge in [0, 0.05) is 26.3 Å². The van der Waals surface area contributed by atoms with Crippen molar-refractivity contribution < 1.29 is 4.74 Å². The highest BCUT2D eigenvalue weighted by molar-refractivity contribution is 4.78. The molecule has 3 heteroatoms. The summed E-state index contributed by atoms with van der Waals surface area (Å²) < 4.78 is 5.08. The third kappa shape index (κ3) is 6.39. The van der Waals surface area contributed by atoms with Crippen molar-refractivity contribution in [3.63, 3.8) is 0 Å². The van der Waals surface area contributed by atoms with Crippen molar-refractivity contribution >= 4 is 0 Å². The molecule has 1 unspecified atom stereocenters. The molecule has 0 aromatic carbocycles. The summed E-state index contributed by atoms with van der Waals surface area (Å²) in [6, 6.07) is 0.677. The molecule has 1 atom stereocenters. The van der Waals surface area contributed by atoms with Crippen LogP contribution in [0, 0.1) is 5.92 Å². The van der Waals surface area contributed by atoms with E-state index in [1.807, 2.05) is 0 Å². The van der Waals surface area contributed by atoms with Gasteiger partial charge in [0.15, 0.2) is 0 Å². The van der Waals surface area contributed by atoms with E-state index in [0.29, 0.717) is 6.04 Å². The molecule has 1 N–H and O–H groups in total. The van der Waals surface area contributed by atoms with Crippen LogP contribution in [0.1, 0.15) is 39.5 Å². The summed E-state index contributed by atoms with van der Waals surface area (Å²) in [6.45, 7) is 10.5. The molecule has 1 rings (SSSR count). The van der Waals surface area contributed by atoms with Gasteiger partial charge in [0.2, 0.25) is 0 Å². The van der Waals surface area contributed by atoms with E-state index in [9.17, 15) is 0 Å². The highest BCUT2D eigenvalue weighted by atomic mass is 16.5. The van der Waals surface area contributed by atoms with Gasteiger partial charge in [-0.2, -0.15) is 0 Å². The van der Waals surface area contributed by atoms with Crippen LogP contribution >= 0.6 is 0 Å². The summed E-state index contributed by atoms with van der Waals surface area (Å²) in [5.41, 5.74) is 0. The van der Waals surface area contributed by atoms with Gasteiger partial charge in [-0.25, -0.2) is 0 Å². The standard InChI is InChI=1S/C14H30N2O/c1-13(2)14-12-16(10-7-8-15-14)9-5-4-6-11-17-3/h13-15H,4-12H2,1-3H3. The minimum Gasteiger partial charge on any atom is -0.385 e. The zero-order valence-electron chi connectivity index (χ0n) is 11.9. The monoisotopic (exact) mass is 242 g/mol. The number of nitrogens with zero attached hydrogens (tertiary/aromatic N) is 1. The number of ether oxygens (including phenoxy) is 1. The summed E-state index contributed by atoms with van der Waals surface area (Å²) in [6.07, 6.45) is 5.11. The summed E-state index contributed by atoms with van der Waals surface area (Å²) in [5.74, 6) is 0.740. The van der Waals surface area contributed by atoms with E-state index >= 15 is 0 Å². The van der Waals surface area contributed by atoms with Crippen LogP contribution in [0.2, 0.25) is 0 Å². The van der Waals surface area contributed by atoms with E-state index in [2.05, 4.69) is 24.1 Å². The van der Waals surface area contributed by atoms with Gasteiger partial charge in [-0.1, -0.05) is 13.8 Å². The smallest absolute Gasteiger partial charge is 0.0462 e. The molecule has 1 aliphatic rings. The normalized spacial score (nSPS) is 22.9. The van der Waals surface area contributed by atoms with Crippen LogP contribution in [0.15, 0.2) is 0 Å². The second kappa shape index (κ2) is 8.90. The average Bonchev–Trinajstić information content (AvgIpc) is 2.54. The van der Waals surface area contributed by atoms with E-state index in [0.717, 1.165) is 12.5 Å². The maximum atomic E-state index is 5.08. The predicted octanol–water partition coefficient (Wildman–Crippen LogP) is 2.12. The van der Waals surface area contributed by atoms with Gasteiger partial charge in [-0.15, -0.1) is 0 Å². The molecule has 1 fully saturated rings. The maximum absolute atomic E-state index is 5.08. The van der Waals surface area contributed by atoms with Gasteiger partial charge in [0.05, 0.1) is 0 Å². The highest BCUT2D eigenvalue weighted by Gasteiger charge is 2.19. The van der Waals surface area contributed by atoms with Gasteiger partial charge < -0.3 is 15.0 Å². The Balaban J connectivity index is 2.17. The maximum Gasteiger partial charge on any atom is 0.0462 e. The first kappa shape index (κ1) is 14.9. The summed E-state index contributed by atoms with van der Waals surface area (Å²) >= 11 is 0. The van der Waals surface area contributed by atoms with Crippen molar-refractivity contribution in [2.45, 2.75) is 45.6 Å². The van der Waals surface area contributed by atoms with Crippen molar-refractivity contribution in [3.05, 3.63) is 0 Å². The molecule has 17 heavy (non-hydrogen) atoms. The molecule has 1 heterocycles. The quantitative estimate of drug-likeness (QED) is 0.692. The third-order valence-corrected chi connectivity index (χ3v) is 3.64. The van der Waals surface area contributed by atoms with Crippen molar-refractivity contribution in [2.24, 2.45) is 5.92 Å². The van der Waals surface area contributed by atoms with Gasteiger partial charge in [-0.3, -0.25) is 0 Å². The van der Waals surface area contributed by atoms with Gasteiger partial charge in [-0.05, 0) is 51.2 Å². The molecule has 1 saturated heterocycles. The van der Waals surface area contributed by atoms with Crippen LogP contribution < -0.4 is 5.32 Å². The molecule has 0 aromatic heterocycles. The van der Waals surface area contributed by atoms with Crippen LogP contribution in [0.5, 0.6) is 0 Å². The molecule has 1 aliphatic heterocycles. The Morgan fingerprint density at radius 2 is 2.12 bits per heavy atom. The van der Waals surface area contributed by atoms with Crippen LogP contribution in [-0.4, -0.2) is 50.8 Å². The molecular formula is C14H30N2O. The van der Waals surface area contributed by atoms with Crippen molar-refractivity contribution in [1.29, 1.82) is 0 Å². The fourth-order valence-electron chi connectivity index (χ4n) is 2.43.